The van der Waals surface area contributed by atoms with E-state index in [0.29, 0.717) is 49.0 Å². The van der Waals surface area contributed by atoms with Crippen LogP contribution in [0.5, 0.6) is 17.2 Å². The Labute approximate surface area is 229 Å². The molecule has 200 valence electrons. The molecular formula is C30H28N2O6S. The molecule has 0 amide bonds. The molecule has 1 aliphatic heterocycles. The zero-order valence-corrected chi connectivity index (χ0v) is 23.1. The average molecular weight is 545 g/mol. The maximum absolute atomic E-state index is 14.1. The summed E-state index contributed by atoms with van der Waals surface area (Å²) in [5.74, 6) is 1.26. The zero-order chi connectivity index (χ0) is 27.7. The number of nitrogens with zero attached hydrogens (tertiary/aromatic N) is 2. The molecule has 0 spiro atoms. The smallest absolute Gasteiger partial charge is 0.338 e. The van der Waals surface area contributed by atoms with E-state index in [0.717, 1.165) is 10.8 Å². The lowest BCUT2D eigenvalue weighted by Crippen LogP contribution is -2.40. The van der Waals surface area contributed by atoms with Crippen molar-refractivity contribution in [3.8, 4) is 17.2 Å². The number of thiazole rings is 1. The molecule has 1 aromatic heterocycles. The summed E-state index contributed by atoms with van der Waals surface area (Å²) in [5, 5.41) is 1.82. The molecule has 39 heavy (non-hydrogen) atoms. The van der Waals surface area contributed by atoms with Crippen LogP contribution in [0.15, 0.2) is 75.7 Å². The first-order chi connectivity index (χ1) is 18.9. The number of benzene rings is 3. The van der Waals surface area contributed by atoms with E-state index in [2.05, 4.69) is 4.99 Å². The van der Waals surface area contributed by atoms with Gasteiger partial charge in [0.25, 0.3) is 5.56 Å². The lowest BCUT2D eigenvalue weighted by molar-refractivity contribution is -0.139. The summed E-state index contributed by atoms with van der Waals surface area (Å²) in [6.45, 7) is 3.70. The predicted molar refractivity (Wildman–Crippen MR) is 150 cm³/mol. The van der Waals surface area contributed by atoms with E-state index in [1.54, 1.807) is 64.0 Å². The Bertz CT molecular complexity index is 1800. The molecule has 0 bridgehead atoms. The minimum absolute atomic E-state index is 0.190. The topological polar surface area (TPSA) is 88.4 Å². The second-order valence-electron chi connectivity index (χ2n) is 8.81. The van der Waals surface area contributed by atoms with Crippen LogP contribution in [0.1, 0.15) is 31.0 Å². The maximum atomic E-state index is 14.1. The highest BCUT2D eigenvalue weighted by Gasteiger charge is 2.36. The molecule has 0 saturated heterocycles. The Hall–Kier alpha value is -4.37. The SMILES string of the molecule is CCOC(=O)C1=C(C)N=c2sc(=Cc3cc(OC)ccc3OC)c(=O)n2C1c1c(OC)ccc2ccccc12. The number of esters is 1. The van der Waals surface area contributed by atoms with E-state index in [1.165, 1.54) is 11.3 Å². The van der Waals surface area contributed by atoms with E-state index in [1.807, 2.05) is 36.4 Å². The van der Waals surface area contributed by atoms with Gasteiger partial charge in [0.2, 0.25) is 0 Å². The molecule has 0 aliphatic carbocycles. The first kappa shape index (κ1) is 26.2. The van der Waals surface area contributed by atoms with Crippen molar-refractivity contribution in [3.05, 3.63) is 96.7 Å². The number of aromatic nitrogens is 1. The fourth-order valence-electron chi connectivity index (χ4n) is 4.89. The molecule has 0 saturated carbocycles. The van der Waals surface area contributed by atoms with Gasteiger partial charge < -0.3 is 18.9 Å². The van der Waals surface area contributed by atoms with Crippen LogP contribution in [0.2, 0.25) is 0 Å². The molecule has 1 unspecified atom stereocenters. The molecule has 1 aliphatic rings. The van der Waals surface area contributed by atoms with Crippen LogP contribution >= 0.6 is 11.3 Å². The fraction of sp³-hybridized carbons (Fsp3) is 0.233. The van der Waals surface area contributed by atoms with E-state index in [4.69, 9.17) is 18.9 Å². The third-order valence-corrected chi connectivity index (χ3v) is 7.65. The molecule has 5 rings (SSSR count). The first-order valence-electron chi connectivity index (χ1n) is 12.4. The largest absolute Gasteiger partial charge is 0.497 e. The monoisotopic (exact) mass is 544 g/mol. The molecule has 0 radical (unpaired) electrons. The molecule has 2 heterocycles. The number of carbonyl (C=O) groups excluding carboxylic acids is 1. The van der Waals surface area contributed by atoms with Crippen molar-refractivity contribution in [2.45, 2.75) is 19.9 Å². The number of ether oxygens (including phenoxy) is 4. The lowest BCUT2D eigenvalue weighted by Gasteiger charge is -2.27. The van der Waals surface area contributed by atoms with Crippen molar-refractivity contribution in [1.29, 1.82) is 0 Å². The second kappa shape index (κ2) is 10.8. The number of rotatable bonds is 7. The van der Waals surface area contributed by atoms with Crippen molar-refractivity contribution < 1.29 is 23.7 Å². The normalized spacial score (nSPS) is 15.1. The standard InChI is InChI=1S/C30H28N2O6S/c1-6-38-29(34)25-17(2)31-30-32(27(25)26-21-10-8-7-9-18(21)11-13-23(26)37-5)28(33)24(39-30)16-19-15-20(35-3)12-14-22(19)36-4/h7-16,27H,6H2,1-5H3. The molecule has 3 aromatic carbocycles. The number of hydrogen-bond acceptors (Lipinski definition) is 8. The summed E-state index contributed by atoms with van der Waals surface area (Å²) in [6, 6.07) is 16.2. The lowest BCUT2D eigenvalue weighted by atomic mass is 9.90. The summed E-state index contributed by atoms with van der Waals surface area (Å²) in [7, 11) is 4.73. The highest BCUT2D eigenvalue weighted by molar-refractivity contribution is 7.07. The van der Waals surface area contributed by atoms with Gasteiger partial charge in [0.1, 0.15) is 23.3 Å². The summed E-state index contributed by atoms with van der Waals surface area (Å²) in [6.07, 6.45) is 1.76. The van der Waals surface area contributed by atoms with Crippen molar-refractivity contribution in [3.63, 3.8) is 0 Å². The number of allylic oxidation sites excluding steroid dienone is 1. The Morgan fingerprint density at radius 3 is 2.49 bits per heavy atom. The Morgan fingerprint density at radius 2 is 1.77 bits per heavy atom. The van der Waals surface area contributed by atoms with Crippen LogP contribution in [0.4, 0.5) is 0 Å². The maximum Gasteiger partial charge on any atom is 0.338 e. The molecule has 1 atom stereocenters. The van der Waals surface area contributed by atoms with Gasteiger partial charge in [-0.25, -0.2) is 9.79 Å². The fourth-order valence-corrected chi connectivity index (χ4v) is 5.93. The molecule has 9 heteroatoms. The molecule has 8 nitrogen and oxygen atoms in total. The molecule has 4 aromatic rings. The van der Waals surface area contributed by atoms with Crippen LogP contribution in [0.3, 0.4) is 0 Å². The summed E-state index contributed by atoms with van der Waals surface area (Å²) < 4.78 is 24.1. The summed E-state index contributed by atoms with van der Waals surface area (Å²) in [4.78, 5) is 32.6. The van der Waals surface area contributed by atoms with Gasteiger partial charge in [0, 0.05) is 11.1 Å². The zero-order valence-electron chi connectivity index (χ0n) is 22.3. The van der Waals surface area contributed by atoms with Gasteiger partial charge in [-0.2, -0.15) is 0 Å². The van der Waals surface area contributed by atoms with E-state index >= 15 is 0 Å². The number of carbonyl (C=O) groups is 1. The summed E-state index contributed by atoms with van der Waals surface area (Å²) >= 11 is 1.24. The minimum Gasteiger partial charge on any atom is -0.497 e. The van der Waals surface area contributed by atoms with Gasteiger partial charge in [0.05, 0.1) is 43.7 Å². The Morgan fingerprint density at radius 1 is 1.03 bits per heavy atom. The number of fused-ring (bicyclic) bond motifs is 2. The highest BCUT2D eigenvalue weighted by atomic mass is 32.1. The van der Waals surface area contributed by atoms with Crippen LogP contribution in [0.25, 0.3) is 16.8 Å². The van der Waals surface area contributed by atoms with Crippen molar-refractivity contribution >= 4 is 34.2 Å². The van der Waals surface area contributed by atoms with E-state index in [9.17, 15) is 9.59 Å². The van der Waals surface area contributed by atoms with Crippen LogP contribution in [-0.4, -0.2) is 38.5 Å². The van der Waals surface area contributed by atoms with Gasteiger partial charge in [-0.1, -0.05) is 41.7 Å². The van der Waals surface area contributed by atoms with Crippen LogP contribution in [-0.2, 0) is 9.53 Å². The van der Waals surface area contributed by atoms with Crippen LogP contribution in [0, 0.1) is 0 Å². The minimum atomic E-state index is -0.810. The van der Waals surface area contributed by atoms with Gasteiger partial charge >= 0.3 is 5.97 Å². The number of methoxy groups -OCH3 is 3. The predicted octanol–water partition coefficient (Wildman–Crippen LogP) is 3.98. The van der Waals surface area contributed by atoms with Crippen molar-refractivity contribution in [2.24, 2.45) is 4.99 Å². The summed E-state index contributed by atoms with van der Waals surface area (Å²) in [5.41, 5.74) is 1.87. The first-order valence-corrected chi connectivity index (χ1v) is 13.2. The average Bonchev–Trinajstić information content (AvgIpc) is 3.25. The van der Waals surface area contributed by atoms with Gasteiger partial charge in [0.15, 0.2) is 4.80 Å². The third kappa shape index (κ3) is 4.59. The van der Waals surface area contributed by atoms with Gasteiger partial charge in [-0.05, 0) is 55.0 Å². The van der Waals surface area contributed by atoms with Gasteiger partial charge in [-0.3, -0.25) is 9.36 Å². The Balaban J connectivity index is 1.85. The quantitative estimate of drug-likeness (QED) is 0.327. The molecular weight excluding hydrogens is 516 g/mol. The van der Waals surface area contributed by atoms with Gasteiger partial charge in [-0.15, -0.1) is 0 Å². The third-order valence-electron chi connectivity index (χ3n) is 6.66. The van der Waals surface area contributed by atoms with Crippen molar-refractivity contribution in [2.75, 3.05) is 27.9 Å². The second-order valence-corrected chi connectivity index (χ2v) is 9.82. The van der Waals surface area contributed by atoms with Crippen molar-refractivity contribution in [1.82, 2.24) is 4.57 Å². The Kier molecular flexibility index (Phi) is 7.26. The molecule has 0 fully saturated rings. The van der Waals surface area contributed by atoms with E-state index in [-0.39, 0.29) is 12.2 Å². The molecule has 0 N–H and O–H groups in total. The van der Waals surface area contributed by atoms with E-state index < -0.39 is 12.0 Å². The highest BCUT2D eigenvalue weighted by Crippen LogP contribution is 2.40. The van der Waals surface area contributed by atoms with Crippen LogP contribution < -0.4 is 29.1 Å². The number of hydrogen-bond donors (Lipinski definition) is 0.